The van der Waals surface area contributed by atoms with Gasteiger partial charge in [-0.2, -0.15) is 0 Å². The monoisotopic (exact) mass is 488 g/mol. The van der Waals surface area contributed by atoms with E-state index >= 15 is 0 Å². The van der Waals surface area contributed by atoms with Crippen molar-refractivity contribution in [3.8, 4) is 0 Å². The molecule has 0 atom stereocenters. The standard InChI is InChI=1S/C23H25FN4O3S2/c1-2-22-25-20(16-32-22)15-27-11-13-28(14-12-27)23(29)17-3-7-19(8-4-17)26-33(30,31)21-9-5-18(24)6-10-21/h3-10,16,26H,2,11-15H2,1H3. The first-order chi connectivity index (χ1) is 15.8. The number of anilines is 1. The number of halogens is 1. The van der Waals surface area contributed by atoms with Gasteiger partial charge in [-0.15, -0.1) is 11.3 Å². The van der Waals surface area contributed by atoms with Crippen LogP contribution in [0.25, 0.3) is 0 Å². The van der Waals surface area contributed by atoms with Crippen molar-refractivity contribution in [2.45, 2.75) is 24.8 Å². The van der Waals surface area contributed by atoms with Gasteiger partial charge in [0.1, 0.15) is 5.82 Å². The lowest BCUT2D eigenvalue weighted by Crippen LogP contribution is -2.48. The Labute approximate surface area is 196 Å². The molecule has 1 fully saturated rings. The van der Waals surface area contributed by atoms with Gasteiger partial charge in [-0.05, 0) is 55.0 Å². The largest absolute Gasteiger partial charge is 0.336 e. The van der Waals surface area contributed by atoms with Crippen LogP contribution in [0, 0.1) is 5.82 Å². The SMILES string of the molecule is CCc1nc(CN2CCN(C(=O)c3ccc(NS(=O)(=O)c4ccc(F)cc4)cc3)CC2)cs1. The highest BCUT2D eigenvalue weighted by Gasteiger charge is 2.23. The van der Waals surface area contributed by atoms with Crippen molar-refractivity contribution in [3.05, 3.63) is 76.0 Å². The van der Waals surface area contributed by atoms with Gasteiger partial charge in [-0.1, -0.05) is 6.92 Å². The molecule has 2 heterocycles. The lowest BCUT2D eigenvalue weighted by Gasteiger charge is -2.34. The molecule has 7 nitrogen and oxygen atoms in total. The number of thiazole rings is 1. The number of aromatic nitrogens is 1. The van der Waals surface area contributed by atoms with Gasteiger partial charge < -0.3 is 4.90 Å². The van der Waals surface area contributed by atoms with E-state index in [2.05, 4.69) is 26.9 Å². The Hall–Kier alpha value is -2.82. The molecule has 0 aliphatic carbocycles. The summed E-state index contributed by atoms with van der Waals surface area (Å²) in [6.45, 7) is 5.70. The first kappa shape index (κ1) is 23.3. The molecular formula is C23H25FN4O3S2. The Morgan fingerprint density at radius 1 is 1.06 bits per heavy atom. The Morgan fingerprint density at radius 2 is 1.73 bits per heavy atom. The molecule has 0 radical (unpaired) electrons. The number of carbonyl (C=O) groups is 1. The van der Waals surface area contributed by atoms with Gasteiger partial charge in [0.05, 0.1) is 15.6 Å². The van der Waals surface area contributed by atoms with Crippen LogP contribution < -0.4 is 4.72 Å². The van der Waals surface area contributed by atoms with Crippen molar-refractivity contribution in [1.29, 1.82) is 0 Å². The molecular weight excluding hydrogens is 463 g/mol. The number of amides is 1. The van der Waals surface area contributed by atoms with Crippen LogP contribution in [0.2, 0.25) is 0 Å². The summed E-state index contributed by atoms with van der Waals surface area (Å²) in [5, 5.41) is 3.24. The quantitative estimate of drug-likeness (QED) is 0.550. The minimum atomic E-state index is -3.84. The number of piperazine rings is 1. The van der Waals surface area contributed by atoms with Crippen molar-refractivity contribution in [2.24, 2.45) is 0 Å². The van der Waals surface area contributed by atoms with Crippen LogP contribution in [0.5, 0.6) is 0 Å². The molecule has 10 heteroatoms. The van der Waals surface area contributed by atoms with E-state index < -0.39 is 15.8 Å². The molecule has 1 aromatic heterocycles. The number of nitrogens with one attached hydrogen (secondary N) is 1. The average molecular weight is 489 g/mol. The van der Waals surface area contributed by atoms with Crippen LogP contribution in [-0.2, 0) is 23.0 Å². The van der Waals surface area contributed by atoms with Gasteiger partial charge in [-0.3, -0.25) is 14.4 Å². The minimum Gasteiger partial charge on any atom is -0.336 e. The van der Waals surface area contributed by atoms with Gasteiger partial charge in [0.25, 0.3) is 15.9 Å². The molecule has 1 aliphatic rings. The highest BCUT2D eigenvalue weighted by atomic mass is 32.2. The van der Waals surface area contributed by atoms with E-state index in [-0.39, 0.29) is 10.8 Å². The van der Waals surface area contributed by atoms with Crippen molar-refractivity contribution in [1.82, 2.24) is 14.8 Å². The number of hydrogen-bond acceptors (Lipinski definition) is 6. The fraction of sp³-hybridized carbons (Fsp3) is 0.304. The Balaban J connectivity index is 1.32. The number of benzene rings is 2. The Morgan fingerprint density at radius 3 is 2.33 bits per heavy atom. The lowest BCUT2D eigenvalue weighted by atomic mass is 10.1. The normalized spacial score (nSPS) is 14.9. The maximum Gasteiger partial charge on any atom is 0.261 e. The number of sulfonamides is 1. The highest BCUT2D eigenvalue weighted by Crippen LogP contribution is 2.19. The van der Waals surface area contributed by atoms with Crippen molar-refractivity contribution in [2.75, 3.05) is 30.9 Å². The summed E-state index contributed by atoms with van der Waals surface area (Å²) < 4.78 is 40.4. The third-order valence-corrected chi connectivity index (χ3v) is 7.89. The third kappa shape index (κ3) is 5.76. The maximum absolute atomic E-state index is 13.1. The zero-order valence-electron chi connectivity index (χ0n) is 18.2. The minimum absolute atomic E-state index is 0.0366. The summed E-state index contributed by atoms with van der Waals surface area (Å²) in [5.74, 6) is -0.587. The van der Waals surface area contributed by atoms with Gasteiger partial charge in [-0.25, -0.2) is 17.8 Å². The summed E-state index contributed by atoms with van der Waals surface area (Å²) in [6.07, 6.45) is 0.944. The van der Waals surface area contributed by atoms with E-state index in [9.17, 15) is 17.6 Å². The molecule has 1 amide bonds. The smallest absolute Gasteiger partial charge is 0.261 e. The highest BCUT2D eigenvalue weighted by molar-refractivity contribution is 7.92. The van der Waals surface area contributed by atoms with Crippen LogP contribution in [0.3, 0.4) is 0 Å². The van der Waals surface area contributed by atoms with Crippen molar-refractivity contribution < 1.29 is 17.6 Å². The van der Waals surface area contributed by atoms with E-state index in [0.717, 1.165) is 48.9 Å². The topological polar surface area (TPSA) is 82.6 Å². The fourth-order valence-electron chi connectivity index (χ4n) is 3.61. The molecule has 1 aliphatic heterocycles. The summed E-state index contributed by atoms with van der Waals surface area (Å²) in [5.41, 5.74) is 1.91. The average Bonchev–Trinajstić information content (AvgIpc) is 3.27. The number of carbonyl (C=O) groups excluding carboxylic acids is 1. The van der Waals surface area contributed by atoms with Crippen molar-refractivity contribution >= 4 is 33.0 Å². The zero-order valence-corrected chi connectivity index (χ0v) is 19.8. The second-order valence-electron chi connectivity index (χ2n) is 7.79. The Bertz CT molecular complexity index is 1200. The van der Waals surface area contributed by atoms with Gasteiger partial charge in [0.2, 0.25) is 0 Å². The van der Waals surface area contributed by atoms with E-state index in [1.165, 1.54) is 12.1 Å². The first-order valence-electron chi connectivity index (χ1n) is 10.7. The molecule has 0 spiro atoms. The van der Waals surface area contributed by atoms with E-state index in [1.807, 2.05) is 4.90 Å². The Kier molecular flexibility index (Phi) is 7.06. The molecule has 0 unspecified atom stereocenters. The summed E-state index contributed by atoms with van der Waals surface area (Å²) in [4.78, 5) is 21.6. The van der Waals surface area contributed by atoms with E-state index in [4.69, 9.17) is 0 Å². The second-order valence-corrected chi connectivity index (χ2v) is 10.4. The maximum atomic E-state index is 13.1. The molecule has 3 aromatic rings. The number of aryl methyl sites for hydroxylation is 1. The summed E-state index contributed by atoms with van der Waals surface area (Å²) in [7, 11) is -3.84. The van der Waals surface area contributed by atoms with Crippen LogP contribution in [0.15, 0.2) is 58.8 Å². The molecule has 1 N–H and O–H groups in total. The zero-order chi connectivity index (χ0) is 23.4. The van der Waals surface area contributed by atoms with E-state index in [1.54, 1.807) is 35.6 Å². The second kappa shape index (κ2) is 9.98. The molecule has 1 saturated heterocycles. The predicted molar refractivity (Wildman–Crippen MR) is 126 cm³/mol. The summed E-state index contributed by atoms with van der Waals surface area (Å²) >= 11 is 1.68. The van der Waals surface area contributed by atoms with Crippen LogP contribution in [0.4, 0.5) is 10.1 Å². The molecule has 0 bridgehead atoms. The van der Waals surface area contributed by atoms with Gasteiger partial charge in [0.15, 0.2) is 0 Å². The molecule has 0 saturated carbocycles. The fourth-order valence-corrected chi connectivity index (χ4v) is 5.41. The molecule has 4 rings (SSSR count). The molecule has 174 valence electrons. The van der Waals surface area contributed by atoms with Crippen molar-refractivity contribution in [3.63, 3.8) is 0 Å². The molecule has 2 aromatic carbocycles. The molecule has 33 heavy (non-hydrogen) atoms. The number of nitrogens with zero attached hydrogens (tertiary/aromatic N) is 3. The van der Waals surface area contributed by atoms with E-state index in [0.29, 0.717) is 24.3 Å². The summed E-state index contributed by atoms with van der Waals surface area (Å²) in [6, 6.07) is 10.9. The van der Waals surface area contributed by atoms with Gasteiger partial charge >= 0.3 is 0 Å². The predicted octanol–water partition coefficient (Wildman–Crippen LogP) is 3.60. The first-order valence-corrected chi connectivity index (χ1v) is 13.0. The van der Waals surface area contributed by atoms with Crippen LogP contribution in [0.1, 0.15) is 28.0 Å². The van der Waals surface area contributed by atoms with Crippen LogP contribution >= 0.6 is 11.3 Å². The number of hydrogen-bond donors (Lipinski definition) is 1. The number of rotatable bonds is 7. The third-order valence-electron chi connectivity index (χ3n) is 5.45. The lowest BCUT2D eigenvalue weighted by molar-refractivity contribution is 0.0627. The van der Waals surface area contributed by atoms with Gasteiger partial charge in [0, 0.05) is 49.4 Å². The van der Waals surface area contributed by atoms with Crippen LogP contribution in [-0.4, -0.2) is 55.3 Å².